The van der Waals surface area contributed by atoms with Crippen molar-refractivity contribution in [3.63, 3.8) is 0 Å². The number of aliphatic hydroxyl groups is 1. The van der Waals surface area contributed by atoms with E-state index in [1.807, 2.05) is 66.5 Å². The van der Waals surface area contributed by atoms with Crippen molar-refractivity contribution in [1.29, 1.82) is 0 Å². The average molecular weight is 535 g/mol. The smallest absolute Gasteiger partial charge is 0.313 e. The van der Waals surface area contributed by atoms with Gasteiger partial charge in [-0.05, 0) is 38.2 Å². The van der Waals surface area contributed by atoms with Gasteiger partial charge in [-0.3, -0.25) is 14.4 Å². The van der Waals surface area contributed by atoms with Crippen molar-refractivity contribution in [1.82, 2.24) is 9.80 Å². The molecule has 1 aromatic carbocycles. The number of nitrogens with zero attached hydrogens (tertiary/aromatic N) is 2. The van der Waals surface area contributed by atoms with Crippen LogP contribution in [0.3, 0.4) is 0 Å². The summed E-state index contributed by atoms with van der Waals surface area (Å²) in [6, 6.07) is 7.61. The van der Waals surface area contributed by atoms with Crippen LogP contribution in [0.1, 0.15) is 63.5 Å². The lowest BCUT2D eigenvalue weighted by atomic mass is 9.74. The number of allylic oxidation sites excluding steroid dienone is 1. The van der Waals surface area contributed by atoms with Crippen LogP contribution in [-0.2, 0) is 23.9 Å². The summed E-state index contributed by atoms with van der Waals surface area (Å²) in [4.78, 5) is 46.3. The van der Waals surface area contributed by atoms with Crippen molar-refractivity contribution < 1.29 is 29.0 Å². The maximum Gasteiger partial charge on any atom is 0.313 e. The molecule has 4 aliphatic heterocycles. The third kappa shape index (κ3) is 4.14. The van der Waals surface area contributed by atoms with E-state index in [0.29, 0.717) is 13.0 Å². The SMILES string of the molecule is C[C@]12/C=C\CCCOC(=O)[C@H]1[C@H]1C(=O)N([C@H](CO)c3ccccc3)C3C(=O)N(C4CCCCC4)CC=C[C@@]31O2. The second kappa shape index (κ2) is 10.2. The molecule has 8 heteroatoms. The van der Waals surface area contributed by atoms with Crippen molar-refractivity contribution in [3.05, 3.63) is 60.2 Å². The Balaban J connectivity index is 1.51. The fraction of sp³-hybridized carbons (Fsp3) is 0.581. The third-order valence-corrected chi connectivity index (χ3v) is 9.43. The molecule has 0 radical (unpaired) electrons. The van der Waals surface area contributed by atoms with Crippen molar-refractivity contribution in [2.24, 2.45) is 11.8 Å². The number of hydrogen-bond donors (Lipinski definition) is 1. The Morgan fingerprint density at radius 1 is 0.974 bits per heavy atom. The number of aliphatic hydroxyl groups excluding tert-OH is 1. The molecule has 1 saturated carbocycles. The van der Waals surface area contributed by atoms with E-state index in [9.17, 15) is 19.5 Å². The van der Waals surface area contributed by atoms with Crippen LogP contribution in [0.5, 0.6) is 0 Å². The molecule has 1 N–H and O–H groups in total. The summed E-state index contributed by atoms with van der Waals surface area (Å²) in [5.41, 5.74) is -1.74. The van der Waals surface area contributed by atoms with Crippen molar-refractivity contribution >= 4 is 17.8 Å². The molecule has 5 aliphatic rings. The molecule has 1 aromatic rings. The Hall–Kier alpha value is -2.97. The highest BCUT2D eigenvalue weighted by Gasteiger charge is 2.75. The minimum atomic E-state index is -1.36. The summed E-state index contributed by atoms with van der Waals surface area (Å²) in [5.74, 6) is -2.88. The Bertz CT molecular complexity index is 1180. The molecule has 1 unspecified atom stereocenters. The molecule has 2 saturated heterocycles. The molecule has 6 rings (SSSR count). The zero-order valence-corrected chi connectivity index (χ0v) is 22.5. The zero-order chi connectivity index (χ0) is 27.2. The molecule has 208 valence electrons. The summed E-state index contributed by atoms with van der Waals surface area (Å²) in [6.45, 7) is 2.16. The second-order valence-electron chi connectivity index (χ2n) is 11.7. The number of carbonyl (C=O) groups is 3. The van der Waals surface area contributed by atoms with Gasteiger partial charge in [-0.15, -0.1) is 0 Å². The Kier molecular flexibility index (Phi) is 6.88. The Morgan fingerprint density at radius 3 is 2.49 bits per heavy atom. The lowest BCUT2D eigenvalue weighted by molar-refractivity contribution is -0.162. The first kappa shape index (κ1) is 26.3. The number of fused-ring (bicyclic) bond motifs is 2. The topological polar surface area (TPSA) is 96.4 Å². The highest BCUT2D eigenvalue weighted by atomic mass is 16.6. The summed E-state index contributed by atoms with van der Waals surface area (Å²) in [7, 11) is 0. The highest BCUT2D eigenvalue weighted by molar-refractivity contribution is 5.99. The van der Waals surface area contributed by atoms with Gasteiger partial charge in [0, 0.05) is 12.6 Å². The molecule has 1 aliphatic carbocycles. The average Bonchev–Trinajstić information content (AvgIpc) is 3.30. The van der Waals surface area contributed by atoms with E-state index in [-0.39, 0.29) is 31.1 Å². The Morgan fingerprint density at radius 2 is 1.74 bits per heavy atom. The van der Waals surface area contributed by atoms with E-state index in [1.165, 1.54) is 4.90 Å². The van der Waals surface area contributed by atoms with Gasteiger partial charge in [0.2, 0.25) is 11.8 Å². The number of rotatable bonds is 4. The third-order valence-electron chi connectivity index (χ3n) is 9.43. The van der Waals surface area contributed by atoms with Gasteiger partial charge in [0.1, 0.15) is 17.6 Å². The first-order chi connectivity index (χ1) is 18.9. The van der Waals surface area contributed by atoms with E-state index in [0.717, 1.165) is 44.1 Å². The van der Waals surface area contributed by atoms with E-state index >= 15 is 0 Å². The minimum Gasteiger partial charge on any atom is -0.465 e. The molecule has 3 fully saturated rings. The summed E-state index contributed by atoms with van der Waals surface area (Å²) >= 11 is 0. The number of ether oxygens (including phenoxy) is 2. The maximum atomic E-state index is 14.6. The molecular formula is C31H38N2O6. The van der Waals surface area contributed by atoms with Crippen molar-refractivity contribution in [2.45, 2.75) is 81.2 Å². The van der Waals surface area contributed by atoms with Crippen LogP contribution in [0.15, 0.2) is 54.6 Å². The van der Waals surface area contributed by atoms with Gasteiger partial charge >= 0.3 is 5.97 Å². The fourth-order valence-electron chi connectivity index (χ4n) is 7.68. The monoisotopic (exact) mass is 534 g/mol. The number of esters is 1. The van der Waals surface area contributed by atoms with Gasteiger partial charge in [0.05, 0.1) is 30.8 Å². The van der Waals surface area contributed by atoms with Gasteiger partial charge in [-0.2, -0.15) is 0 Å². The normalized spacial score (nSPS) is 36.7. The molecule has 2 amide bonds. The predicted molar refractivity (Wildman–Crippen MR) is 143 cm³/mol. The fourth-order valence-corrected chi connectivity index (χ4v) is 7.68. The van der Waals surface area contributed by atoms with E-state index in [1.54, 1.807) is 0 Å². The van der Waals surface area contributed by atoms with Gasteiger partial charge < -0.3 is 24.4 Å². The van der Waals surface area contributed by atoms with Crippen LogP contribution in [0.4, 0.5) is 0 Å². The van der Waals surface area contributed by atoms with Crippen molar-refractivity contribution in [2.75, 3.05) is 19.8 Å². The maximum absolute atomic E-state index is 14.6. The number of benzene rings is 1. The molecule has 1 spiro atoms. The summed E-state index contributed by atoms with van der Waals surface area (Å²) < 4.78 is 12.5. The lowest BCUT2D eigenvalue weighted by Crippen LogP contribution is -2.58. The molecule has 39 heavy (non-hydrogen) atoms. The van der Waals surface area contributed by atoms with Crippen LogP contribution in [0.2, 0.25) is 0 Å². The molecular weight excluding hydrogens is 496 g/mol. The standard InChI is InChI=1S/C31H38N2O6/c1-30-16-9-4-10-19-38-29(37)25(30)24-27(35)33(23(20-34)21-12-5-2-6-13-21)26-28(36)32(22-14-7-3-8-15-22)18-11-17-31(24,26)39-30/h2,5-6,9,11-13,16-17,22-26,34H,3-4,7-8,10,14-15,18-20H2,1H3/b16-9-/t23-,24+,25-,26?,30+,31+/m1/s1. The van der Waals surface area contributed by atoms with Crippen LogP contribution < -0.4 is 0 Å². The lowest BCUT2D eigenvalue weighted by Gasteiger charge is -2.42. The molecule has 8 nitrogen and oxygen atoms in total. The number of carbonyl (C=O) groups excluding carboxylic acids is 3. The van der Waals surface area contributed by atoms with Gasteiger partial charge in [-0.1, -0.05) is 73.9 Å². The summed E-state index contributed by atoms with van der Waals surface area (Å²) in [6.07, 6.45) is 14.2. The van der Waals surface area contributed by atoms with Crippen LogP contribution in [0, 0.1) is 11.8 Å². The number of hydrogen-bond acceptors (Lipinski definition) is 6. The quantitative estimate of drug-likeness (QED) is 0.470. The first-order valence-corrected chi connectivity index (χ1v) is 14.4. The largest absolute Gasteiger partial charge is 0.465 e. The second-order valence-corrected chi connectivity index (χ2v) is 11.7. The molecule has 0 aromatic heterocycles. The number of likely N-dealkylation sites (tertiary alicyclic amines) is 1. The highest BCUT2D eigenvalue weighted by Crippen LogP contribution is 2.58. The van der Waals surface area contributed by atoms with E-state index in [4.69, 9.17) is 9.47 Å². The van der Waals surface area contributed by atoms with Gasteiger partial charge in [0.15, 0.2) is 0 Å². The number of cyclic esters (lactones) is 1. The number of amides is 2. The van der Waals surface area contributed by atoms with Crippen LogP contribution in [-0.4, -0.2) is 75.7 Å². The molecule has 4 heterocycles. The predicted octanol–water partition coefficient (Wildman–Crippen LogP) is 3.32. The van der Waals surface area contributed by atoms with Gasteiger partial charge in [-0.25, -0.2) is 0 Å². The molecule has 6 atom stereocenters. The van der Waals surface area contributed by atoms with E-state index in [2.05, 4.69) is 0 Å². The van der Waals surface area contributed by atoms with E-state index < -0.39 is 41.1 Å². The minimum absolute atomic E-state index is 0.0883. The van der Waals surface area contributed by atoms with Gasteiger partial charge in [0.25, 0.3) is 0 Å². The van der Waals surface area contributed by atoms with Crippen molar-refractivity contribution in [3.8, 4) is 0 Å². The van der Waals surface area contributed by atoms with Crippen LogP contribution >= 0.6 is 0 Å². The summed E-state index contributed by atoms with van der Waals surface area (Å²) in [5, 5.41) is 10.7. The zero-order valence-electron chi connectivity index (χ0n) is 22.5. The molecule has 0 bridgehead atoms. The Labute approximate surface area is 229 Å². The first-order valence-electron chi connectivity index (χ1n) is 14.4. The van der Waals surface area contributed by atoms with Crippen LogP contribution in [0.25, 0.3) is 0 Å².